The quantitative estimate of drug-likeness (QED) is 0.592. The van der Waals surface area contributed by atoms with Crippen molar-refractivity contribution >= 4 is 17.4 Å². The number of alkyl halides is 1. The minimum Gasteiger partial charge on any atom is -0.295 e. The van der Waals surface area contributed by atoms with Gasteiger partial charge in [-0.2, -0.15) is 0 Å². The summed E-state index contributed by atoms with van der Waals surface area (Å²) >= 11 is 5.86. The van der Waals surface area contributed by atoms with E-state index in [9.17, 15) is 4.79 Å². The van der Waals surface area contributed by atoms with Crippen LogP contribution >= 0.6 is 11.6 Å². The van der Waals surface area contributed by atoms with Gasteiger partial charge in [0.2, 0.25) is 0 Å². The van der Waals surface area contributed by atoms with E-state index in [1.54, 1.807) is 0 Å². The fraction of sp³-hybridized carbons (Fsp3) is 0.727. The Morgan fingerprint density at radius 2 is 2.00 bits per heavy atom. The number of Topliss-reactive ketones (excluding diaryl/α,β-unsaturated/α-hetero) is 1. The molecule has 72 valence electrons. The number of carbonyl (C=O) groups excluding carboxylic acids is 1. The van der Waals surface area contributed by atoms with Gasteiger partial charge >= 0.3 is 0 Å². The molecule has 0 amide bonds. The number of allylic oxidation sites excluding steroid dienone is 2. The lowest BCUT2D eigenvalue weighted by molar-refractivity contribution is -0.115. The summed E-state index contributed by atoms with van der Waals surface area (Å²) in [6, 6.07) is 0. The summed E-state index contributed by atoms with van der Waals surface area (Å²) in [7, 11) is 0. The van der Waals surface area contributed by atoms with Crippen LogP contribution in [0.2, 0.25) is 0 Å². The monoisotopic (exact) mass is 198 g/mol. The van der Waals surface area contributed by atoms with Crippen molar-refractivity contribution in [2.75, 3.05) is 5.88 Å². The molecule has 0 radical (unpaired) electrons. The maximum absolute atomic E-state index is 11.6. The molecule has 0 aromatic rings. The van der Waals surface area contributed by atoms with Gasteiger partial charge in [0.25, 0.3) is 0 Å². The summed E-state index contributed by atoms with van der Waals surface area (Å²) < 4.78 is 0. The molecule has 0 spiro atoms. The number of hydrogen-bond acceptors (Lipinski definition) is 1. The molecule has 0 N–H and O–H groups in total. The van der Waals surface area contributed by atoms with Crippen LogP contribution < -0.4 is 0 Å². The molecule has 0 saturated heterocycles. The highest BCUT2D eigenvalue weighted by atomic mass is 35.5. The van der Waals surface area contributed by atoms with E-state index in [0.717, 1.165) is 18.4 Å². The Hall–Kier alpha value is -0.300. The molecule has 0 aliphatic heterocycles. The van der Waals surface area contributed by atoms with E-state index in [2.05, 4.69) is 0 Å². The molecular weight excluding hydrogens is 184 g/mol. The average Bonchev–Trinajstić information content (AvgIpc) is 2.38. The van der Waals surface area contributed by atoms with Crippen molar-refractivity contribution < 1.29 is 4.79 Å². The van der Waals surface area contributed by atoms with Gasteiger partial charge in [0, 0.05) is 18.2 Å². The number of ketones is 1. The van der Waals surface area contributed by atoms with Gasteiger partial charge in [-0.3, -0.25) is 4.79 Å². The summed E-state index contributed by atoms with van der Waals surface area (Å²) in [5, 5.41) is 0. The predicted molar refractivity (Wildman–Crippen MR) is 53.9 cm³/mol. The van der Waals surface area contributed by atoms with Crippen molar-refractivity contribution in [3.63, 3.8) is 0 Å². The summed E-state index contributed by atoms with van der Waals surface area (Å²) in [5.74, 6) is 1.38. The van der Waals surface area contributed by atoms with Gasteiger partial charge in [0.15, 0.2) is 5.78 Å². The minimum atomic E-state index is 0.377. The second-order valence-corrected chi connectivity index (χ2v) is 4.35. The molecule has 0 aromatic heterocycles. The first-order valence-electron chi connectivity index (χ1n) is 5.14. The average molecular weight is 199 g/mol. The SMILES string of the molecule is O=C1CC(CCl)C2=C1CCCCC2. The molecule has 0 heterocycles. The normalized spacial score (nSPS) is 29.0. The van der Waals surface area contributed by atoms with Crippen LogP contribution in [0.25, 0.3) is 0 Å². The molecule has 0 aromatic carbocycles. The van der Waals surface area contributed by atoms with Crippen LogP contribution in [0.15, 0.2) is 11.1 Å². The number of halogens is 1. The maximum atomic E-state index is 11.6. The number of hydrogen-bond donors (Lipinski definition) is 0. The van der Waals surface area contributed by atoms with Gasteiger partial charge in [0.05, 0.1) is 0 Å². The third-order valence-corrected chi connectivity index (χ3v) is 3.58. The van der Waals surface area contributed by atoms with Crippen LogP contribution in [0.3, 0.4) is 0 Å². The second kappa shape index (κ2) is 3.83. The lowest BCUT2D eigenvalue weighted by Gasteiger charge is -2.09. The van der Waals surface area contributed by atoms with Gasteiger partial charge in [0.1, 0.15) is 0 Å². The summed E-state index contributed by atoms with van der Waals surface area (Å²) in [5.41, 5.74) is 2.54. The Morgan fingerprint density at radius 1 is 1.23 bits per heavy atom. The highest BCUT2D eigenvalue weighted by Crippen LogP contribution is 2.38. The Morgan fingerprint density at radius 3 is 2.77 bits per heavy atom. The van der Waals surface area contributed by atoms with Crippen LogP contribution in [0.1, 0.15) is 38.5 Å². The first-order valence-corrected chi connectivity index (χ1v) is 5.67. The van der Waals surface area contributed by atoms with Crippen molar-refractivity contribution in [1.29, 1.82) is 0 Å². The van der Waals surface area contributed by atoms with E-state index in [-0.39, 0.29) is 0 Å². The molecule has 2 heteroatoms. The highest BCUT2D eigenvalue weighted by molar-refractivity contribution is 6.18. The van der Waals surface area contributed by atoms with E-state index in [1.165, 1.54) is 24.8 Å². The Bertz CT molecular complexity index is 255. The maximum Gasteiger partial charge on any atom is 0.159 e. The third kappa shape index (κ3) is 1.67. The van der Waals surface area contributed by atoms with Crippen molar-refractivity contribution in [1.82, 2.24) is 0 Å². The van der Waals surface area contributed by atoms with E-state index < -0.39 is 0 Å². The molecule has 2 rings (SSSR count). The van der Waals surface area contributed by atoms with Gasteiger partial charge in [-0.15, -0.1) is 11.6 Å². The molecule has 2 aliphatic carbocycles. The van der Waals surface area contributed by atoms with E-state index in [1.807, 2.05) is 0 Å². The predicted octanol–water partition coefficient (Wildman–Crippen LogP) is 3.07. The molecule has 1 unspecified atom stereocenters. The molecule has 1 atom stereocenters. The third-order valence-electron chi connectivity index (χ3n) is 3.21. The molecule has 2 aliphatic rings. The second-order valence-electron chi connectivity index (χ2n) is 4.04. The molecule has 13 heavy (non-hydrogen) atoms. The highest BCUT2D eigenvalue weighted by Gasteiger charge is 2.31. The van der Waals surface area contributed by atoms with Gasteiger partial charge < -0.3 is 0 Å². The van der Waals surface area contributed by atoms with Crippen LogP contribution in [0, 0.1) is 5.92 Å². The van der Waals surface area contributed by atoms with Crippen LogP contribution in [-0.4, -0.2) is 11.7 Å². The van der Waals surface area contributed by atoms with Gasteiger partial charge in [-0.1, -0.05) is 12.0 Å². The summed E-state index contributed by atoms with van der Waals surface area (Å²) in [6.07, 6.45) is 6.54. The van der Waals surface area contributed by atoms with E-state index >= 15 is 0 Å². The van der Waals surface area contributed by atoms with Crippen molar-refractivity contribution in [2.45, 2.75) is 38.5 Å². The van der Waals surface area contributed by atoms with Crippen LogP contribution in [-0.2, 0) is 4.79 Å². The van der Waals surface area contributed by atoms with Crippen molar-refractivity contribution in [3.8, 4) is 0 Å². The van der Waals surface area contributed by atoms with E-state index in [0.29, 0.717) is 24.0 Å². The Balaban J connectivity index is 2.24. The summed E-state index contributed by atoms with van der Waals surface area (Å²) in [4.78, 5) is 11.6. The van der Waals surface area contributed by atoms with Crippen molar-refractivity contribution in [3.05, 3.63) is 11.1 Å². The number of rotatable bonds is 1. The fourth-order valence-electron chi connectivity index (χ4n) is 2.49. The number of carbonyl (C=O) groups is 1. The molecule has 0 bridgehead atoms. The van der Waals surface area contributed by atoms with Gasteiger partial charge in [-0.25, -0.2) is 0 Å². The zero-order valence-corrected chi connectivity index (χ0v) is 8.57. The van der Waals surface area contributed by atoms with E-state index in [4.69, 9.17) is 11.6 Å². The fourth-order valence-corrected chi connectivity index (χ4v) is 2.79. The van der Waals surface area contributed by atoms with Crippen LogP contribution in [0.4, 0.5) is 0 Å². The standard InChI is InChI=1S/C11H15ClO/c12-7-8-6-11(13)10-5-3-1-2-4-9(8)10/h8H,1-7H2. The Labute approximate surface area is 84.2 Å². The zero-order valence-electron chi connectivity index (χ0n) is 7.81. The van der Waals surface area contributed by atoms with Crippen LogP contribution in [0.5, 0.6) is 0 Å². The molecular formula is C11H15ClO. The first kappa shape index (κ1) is 9.26. The molecule has 0 fully saturated rings. The molecule has 1 nitrogen and oxygen atoms in total. The largest absolute Gasteiger partial charge is 0.295 e. The minimum absolute atomic E-state index is 0.377. The Kier molecular flexibility index (Phi) is 2.73. The first-order chi connectivity index (χ1) is 6.33. The lowest BCUT2D eigenvalue weighted by Crippen LogP contribution is -2.02. The van der Waals surface area contributed by atoms with Gasteiger partial charge in [-0.05, 0) is 31.3 Å². The van der Waals surface area contributed by atoms with Crippen molar-refractivity contribution in [2.24, 2.45) is 5.92 Å². The smallest absolute Gasteiger partial charge is 0.159 e. The zero-order chi connectivity index (χ0) is 9.26. The topological polar surface area (TPSA) is 17.1 Å². The lowest BCUT2D eigenvalue weighted by atomic mass is 9.99. The molecule has 0 saturated carbocycles. The summed E-state index contributed by atoms with van der Waals surface area (Å²) in [6.45, 7) is 0.